The molecule has 0 heterocycles. The quantitative estimate of drug-likeness (QED) is 0.534. The lowest BCUT2D eigenvalue weighted by molar-refractivity contribution is -0.384. The van der Waals surface area contributed by atoms with Crippen LogP contribution in [0.4, 0.5) is 5.69 Å². The first kappa shape index (κ1) is 15.4. The number of carbonyl (C=O) groups excluding carboxylic acids is 1. The van der Waals surface area contributed by atoms with Crippen LogP contribution in [-0.4, -0.2) is 16.5 Å². The molecule has 0 aromatic heterocycles. The molecule has 2 aromatic rings. The molecule has 6 nitrogen and oxygen atoms in total. The molecule has 1 N–H and O–H groups in total. The van der Waals surface area contributed by atoms with Gasteiger partial charge < -0.3 is 0 Å². The van der Waals surface area contributed by atoms with Gasteiger partial charge in [-0.25, -0.2) is 5.43 Å². The van der Waals surface area contributed by atoms with Crippen LogP contribution in [0.5, 0.6) is 0 Å². The second-order valence-electron chi connectivity index (χ2n) is 4.76. The second-order valence-corrected chi connectivity index (χ2v) is 4.76. The minimum absolute atomic E-state index is 0.0143. The third-order valence-electron chi connectivity index (χ3n) is 3.21. The van der Waals surface area contributed by atoms with E-state index in [1.54, 1.807) is 31.2 Å². The second kappa shape index (κ2) is 6.62. The number of nitrogens with zero attached hydrogens (tertiary/aromatic N) is 2. The van der Waals surface area contributed by atoms with Gasteiger partial charge in [0.1, 0.15) is 0 Å². The topological polar surface area (TPSA) is 84.6 Å². The molecule has 0 aliphatic rings. The molecule has 0 saturated carbocycles. The zero-order chi connectivity index (χ0) is 16.1. The molecular formula is C16H15N3O3. The Balaban J connectivity index is 2.11. The molecule has 0 bridgehead atoms. The van der Waals surface area contributed by atoms with E-state index in [0.29, 0.717) is 16.8 Å². The van der Waals surface area contributed by atoms with Crippen LogP contribution in [0.1, 0.15) is 28.4 Å². The summed E-state index contributed by atoms with van der Waals surface area (Å²) in [6.07, 6.45) is 0. The molecule has 0 fully saturated rings. The van der Waals surface area contributed by atoms with Crippen LogP contribution in [0.15, 0.2) is 53.6 Å². The number of nitro benzene ring substituents is 1. The fourth-order valence-electron chi connectivity index (χ4n) is 1.91. The van der Waals surface area contributed by atoms with Crippen molar-refractivity contribution in [1.82, 2.24) is 5.43 Å². The van der Waals surface area contributed by atoms with Crippen molar-refractivity contribution in [2.24, 2.45) is 5.10 Å². The summed E-state index contributed by atoms with van der Waals surface area (Å²) in [6.45, 7) is 3.57. The molecule has 0 aliphatic heterocycles. The van der Waals surface area contributed by atoms with E-state index in [1.807, 2.05) is 19.1 Å². The maximum Gasteiger partial charge on any atom is 0.271 e. The van der Waals surface area contributed by atoms with Crippen LogP contribution < -0.4 is 5.43 Å². The summed E-state index contributed by atoms with van der Waals surface area (Å²) in [5.41, 5.74) is 5.20. The Kier molecular flexibility index (Phi) is 4.63. The maximum absolute atomic E-state index is 12.0. The van der Waals surface area contributed by atoms with Crippen molar-refractivity contribution in [2.75, 3.05) is 0 Å². The predicted molar refractivity (Wildman–Crippen MR) is 84.0 cm³/mol. The average molecular weight is 297 g/mol. The number of nitro groups is 1. The third kappa shape index (κ3) is 3.54. The SMILES string of the molecule is C/C(=N\NC(=O)c1ccccc1C)c1ccc([N+](=O)[O-])cc1. The van der Waals surface area contributed by atoms with E-state index in [2.05, 4.69) is 10.5 Å². The third-order valence-corrected chi connectivity index (χ3v) is 3.21. The van der Waals surface area contributed by atoms with Crippen LogP contribution in [-0.2, 0) is 0 Å². The fraction of sp³-hybridized carbons (Fsp3) is 0.125. The van der Waals surface area contributed by atoms with Crippen molar-refractivity contribution in [2.45, 2.75) is 13.8 Å². The largest absolute Gasteiger partial charge is 0.271 e. The Labute approximate surface area is 127 Å². The molecular weight excluding hydrogens is 282 g/mol. The Hall–Kier alpha value is -3.02. The number of hydrogen-bond acceptors (Lipinski definition) is 4. The lowest BCUT2D eigenvalue weighted by atomic mass is 10.1. The van der Waals surface area contributed by atoms with Gasteiger partial charge in [-0.05, 0) is 43.2 Å². The van der Waals surface area contributed by atoms with Crippen molar-refractivity contribution in [3.05, 3.63) is 75.3 Å². The van der Waals surface area contributed by atoms with Crippen molar-refractivity contribution in [1.29, 1.82) is 0 Å². The van der Waals surface area contributed by atoms with Crippen molar-refractivity contribution >= 4 is 17.3 Å². The molecule has 0 spiro atoms. The maximum atomic E-state index is 12.0. The van der Waals surface area contributed by atoms with Gasteiger partial charge in [0, 0.05) is 17.7 Å². The highest BCUT2D eigenvalue weighted by Crippen LogP contribution is 2.12. The van der Waals surface area contributed by atoms with Gasteiger partial charge in [-0.15, -0.1) is 0 Å². The van der Waals surface area contributed by atoms with Crippen molar-refractivity contribution < 1.29 is 9.72 Å². The first-order chi connectivity index (χ1) is 10.5. The van der Waals surface area contributed by atoms with Gasteiger partial charge in [-0.3, -0.25) is 14.9 Å². The zero-order valence-electron chi connectivity index (χ0n) is 12.2. The molecule has 22 heavy (non-hydrogen) atoms. The van der Waals surface area contributed by atoms with E-state index in [-0.39, 0.29) is 11.6 Å². The number of hydrazone groups is 1. The molecule has 0 atom stereocenters. The summed E-state index contributed by atoms with van der Waals surface area (Å²) < 4.78 is 0. The Morgan fingerprint density at radius 3 is 2.36 bits per heavy atom. The molecule has 0 saturated heterocycles. The summed E-state index contributed by atoms with van der Waals surface area (Å²) in [4.78, 5) is 22.2. The predicted octanol–water partition coefficient (Wildman–Crippen LogP) is 3.06. The Morgan fingerprint density at radius 1 is 1.14 bits per heavy atom. The van der Waals surface area contributed by atoms with Crippen LogP contribution in [0.25, 0.3) is 0 Å². The molecule has 2 rings (SSSR count). The number of non-ortho nitro benzene ring substituents is 1. The molecule has 0 radical (unpaired) electrons. The summed E-state index contributed by atoms with van der Waals surface area (Å²) in [7, 11) is 0. The van der Waals surface area contributed by atoms with Crippen LogP contribution in [0, 0.1) is 17.0 Å². The lowest BCUT2D eigenvalue weighted by Crippen LogP contribution is -2.20. The van der Waals surface area contributed by atoms with E-state index in [9.17, 15) is 14.9 Å². The number of amides is 1. The number of aryl methyl sites for hydroxylation is 1. The van der Waals surface area contributed by atoms with Gasteiger partial charge in [-0.2, -0.15) is 5.10 Å². The molecule has 112 valence electrons. The van der Waals surface area contributed by atoms with Gasteiger partial charge >= 0.3 is 0 Å². The summed E-state index contributed by atoms with van der Waals surface area (Å²) in [5.74, 6) is -0.292. The number of carbonyl (C=O) groups is 1. The minimum atomic E-state index is -0.462. The number of benzene rings is 2. The summed E-state index contributed by atoms with van der Waals surface area (Å²) >= 11 is 0. The lowest BCUT2D eigenvalue weighted by Gasteiger charge is -2.05. The zero-order valence-corrected chi connectivity index (χ0v) is 12.2. The Bertz CT molecular complexity index is 737. The van der Waals surface area contributed by atoms with Gasteiger partial charge in [-0.1, -0.05) is 18.2 Å². The highest BCUT2D eigenvalue weighted by molar-refractivity contribution is 6.01. The monoisotopic (exact) mass is 297 g/mol. The van der Waals surface area contributed by atoms with E-state index in [4.69, 9.17) is 0 Å². The number of nitrogens with one attached hydrogen (secondary N) is 1. The van der Waals surface area contributed by atoms with Gasteiger partial charge in [0.25, 0.3) is 11.6 Å². The van der Waals surface area contributed by atoms with Crippen LogP contribution >= 0.6 is 0 Å². The highest BCUT2D eigenvalue weighted by Gasteiger charge is 2.08. The van der Waals surface area contributed by atoms with E-state index < -0.39 is 4.92 Å². The van der Waals surface area contributed by atoms with Gasteiger partial charge in [0.15, 0.2) is 0 Å². The molecule has 2 aromatic carbocycles. The summed E-state index contributed by atoms with van der Waals surface area (Å²) in [5, 5.41) is 14.6. The van der Waals surface area contributed by atoms with Crippen molar-refractivity contribution in [3.8, 4) is 0 Å². The Morgan fingerprint density at radius 2 is 1.77 bits per heavy atom. The van der Waals surface area contributed by atoms with E-state index in [1.165, 1.54) is 12.1 Å². The van der Waals surface area contributed by atoms with Crippen LogP contribution in [0.3, 0.4) is 0 Å². The molecule has 0 unspecified atom stereocenters. The normalized spacial score (nSPS) is 11.1. The number of hydrogen-bond donors (Lipinski definition) is 1. The first-order valence-corrected chi connectivity index (χ1v) is 6.64. The molecule has 1 amide bonds. The van der Waals surface area contributed by atoms with E-state index in [0.717, 1.165) is 5.56 Å². The van der Waals surface area contributed by atoms with Crippen molar-refractivity contribution in [3.63, 3.8) is 0 Å². The standard InChI is InChI=1S/C16H15N3O3/c1-11-5-3-4-6-15(11)16(20)18-17-12(2)13-7-9-14(10-8-13)19(21)22/h3-10H,1-2H3,(H,18,20)/b17-12+. The van der Waals surface area contributed by atoms with Crippen LogP contribution in [0.2, 0.25) is 0 Å². The first-order valence-electron chi connectivity index (χ1n) is 6.64. The fourth-order valence-corrected chi connectivity index (χ4v) is 1.91. The number of rotatable bonds is 4. The smallest absolute Gasteiger partial charge is 0.267 e. The highest BCUT2D eigenvalue weighted by atomic mass is 16.6. The minimum Gasteiger partial charge on any atom is -0.267 e. The van der Waals surface area contributed by atoms with E-state index >= 15 is 0 Å². The molecule has 0 aliphatic carbocycles. The summed E-state index contributed by atoms with van der Waals surface area (Å²) in [6, 6.07) is 13.2. The molecule has 6 heteroatoms. The average Bonchev–Trinajstić information content (AvgIpc) is 2.52. The van der Waals surface area contributed by atoms with Gasteiger partial charge in [0.05, 0.1) is 10.6 Å². The van der Waals surface area contributed by atoms with Gasteiger partial charge in [0.2, 0.25) is 0 Å².